The van der Waals surface area contributed by atoms with Gasteiger partial charge in [0.25, 0.3) is 5.91 Å². The summed E-state index contributed by atoms with van der Waals surface area (Å²) in [6, 6.07) is 23.4. The van der Waals surface area contributed by atoms with Crippen molar-refractivity contribution in [3.05, 3.63) is 83.9 Å². The van der Waals surface area contributed by atoms with Gasteiger partial charge in [0.2, 0.25) is 0 Å². The molecule has 0 fully saturated rings. The predicted molar refractivity (Wildman–Crippen MR) is 127 cm³/mol. The van der Waals surface area contributed by atoms with E-state index in [2.05, 4.69) is 6.07 Å². The normalized spacial score (nSPS) is 13.0. The predicted octanol–water partition coefficient (Wildman–Crippen LogP) is 5.51. The maximum Gasteiger partial charge on any atom is 0.259 e. The Labute approximate surface area is 187 Å². The molecule has 0 saturated carbocycles. The van der Waals surface area contributed by atoms with Gasteiger partial charge in [-0.3, -0.25) is 4.79 Å². The first-order chi connectivity index (χ1) is 15.7. The number of rotatable bonds is 4. The highest BCUT2D eigenvalue weighted by molar-refractivity contribution is 6.14. The highest BCUT2D eigenvalue weighted by Gasteiger charge is 2.25. The minimum Gasteiger partial charge on any atom is -0.497 e. The van der Waals surface area contributed by atoms with Crippen LogP contribution < -0.4 is 14.4 Å². The van der Waals surface area contributed by atoms with Gasteiger partial charge in [-0.1, -0.05) is 36.4 Å². The average Bonchev–Trinajstić information content (AvgIpc) is 2.86. The molecule has 1 amide bonds. The number of fused-ring (bicyclic) bond motifs is 2. The van der Waals surface area contributed by atoms with E-state index in [0.29, 0.717) is 29.3 Å². The van der Waals surface area contributed by atoms with Gasteiger partial charge >= 0.3 is 0 Å². The maximum absolute atomic E-state index is 13.9. The Morgan fingerprint density at radius 2 is 1.75 bits per heavy atom. The summed E-state index contributed by atoms with van der Waals surface area (Å²) in [5.41, 5.74) is 5.12. The summed E-state index contributed by atoms with van der Waals surface area (Å²) >= 11 is 0. The van der Waals surface area contributed by atoms with Crippen molar-refractivity contribution in [2.75, 3.05) is 25.7 Å². The number of carbonyl (C=O) groups is 1. The second kappa shape index (κ2) is 8.35. The Bertz CT molecular complexity index is 1320. The molecule has 0 N–H and O–H groups in total. The molecule has 0 radical (unpaired) electrons. The zero-order valence-electron chi connectivity index (χ0n) is 18.2. The molecule has 0 bridgehead atoms. The van der Waals surface area contributed by atoms with Crippen LogP contribution in [0.1, 0.15) is 22.3 Å². The molecule has 0 saturated heterocycles. The van der Waals surface area contributed by atoms with Crippen LogP contribution in [0.15, 0.2) is 72.8 Å². The lowest BCUT2D eigenvalue weighted by atomic mass is 9.98. The number of para-hydroxylation sites is 2. The third-order valence-electron chi connectivity index (χ3n) is 5.99. The molecule has 0 unspecified atom stereocenters. The summed E-state index contributed by atoms with van der Waals surface area (Å²) in [6.45, 7) is 0.702. The molecule has 4 aromatic rings. The largest absolute Gasteiger partial charge is 0.497 e. The fourth-order valence-corrected chi connectivity index (χ4v) is 4.39. The lowest BCUT2D eigenvalue weighted by Crippen LogP contribution is -2.35. The van der Waals surface area contributed by atoms with Crippen LogP contribution in [0.2, 0.25) is 0 Å². The number of aryl methyl sites for hydroxylation is 1. The molecule has 32 heavy (non-hydrogen) atoms. The Hall–Kier alpha value is -3.86. The quantitative estimate of drug-likeness (QED) is 0.433. The number of ether oxygens (including phenoxy) is 2. The Morgan fingerprint density at radius 3 is 2.59 bits per heavy atom. The van der Waals surface area contributed by atoms with Gasteiger partial charge in [-0.25, -0.2) is 4.98 Å². The Balaban J connectivity index is 1.67. The molecule has 5 nitrogen and oxygen atoms in total. The van der Waals surface area contributed by atoms with E-state index in [0.717, 1.165) is 35.0 Å². The highest BCUT2D eigenvalue weighted by Crippen LogP contribution is 2.35. The Kier molecular flexibility index (Phi) is 5.23. The van der Waals surface area contributed by atoms with Crippen molar-refractivity contribution >= 4 is 22.5 Å². The van der Waals surface area contributed by atoms with E-state index in [4.69, 9.17) is 14.5 Å². The summed E-state index contributed by atoms with van der Waals surface area (Å²) in [6.07, 6.45) is 1.94. The number of hydrogen-bond donors (Lipinski definition) is 0. The summed E-state index contributed by atoms with van der Waals surface area (Å²) in [7, 11) is 3.24. The van der Waals surface area contributed by atoms with E-state index in [1.165, 1.54) is 5.56 Å². The number of carbonyl (C=O) groups excluding carboxylic acids is 1. The highest BCUT2D eigenvalue weighted by atomic mass is 16.5. The lowest BCUT2D eigenvalue weighted by Gasteiger charge is -2.30. The second-order valence-corrected chi connectivity index (χ2v) is 7.83. The SMILES string of the molecule is COc1ccc(-c2cc(C(=O)N3CCCc4ccccc43)c3ccccc3n2)c(OC)c1. The number of benzene rings is 3. The molecule has 3 aromatic carbocycles. The summed E-state index contributed by atoms with van der Waals surface area (Å²) in [4.78, 5) is 20.6. The molecule has 0 atom stereocenters. The summed E-state index contributed by atoms with van der Waals surface area (Å²) in [5.74, 6) is 1.34. The van der Waals surface area contributed by atoms with Gasteiger partial charge < -0.3 is 14.4 Å². The van der Waals surface area contributed by atoms with Crippen molar-refractivity contribution in [3.8, 4) is 22.8 Å². The Morgan fingerprint density at radius 1 is 0.938 bits per heavy atom. The van der Waals surface area contributed by atoms with Crippen LogP contribution in [-0.4, -0.2) is 31.7 Å². The van der Waals surface area contributed by atoms with Crippen molar-refractivity contribution in [2.24, 2.45) is 0 Å². The first kappa shape index (κ1) is 20.1. The number of anilines is 1. The molecule has 1 aliphatic heterocycles. The standard InChI is InChI=1S/C27H24N2O3/c1-31-19-13-14-21(26(16-19)32-2)24-17-22(20-10-4-5-11-23(20)28-24)27(30)29-15-7-9-18-8-3-6-12-25(18)29/h3-6,8,10-14,16-17H,7,9,15H2,1-2H3. The fourth-order valence-electron chi connectivity index (χ4n) is 4.39. The van der Waals surface area contributed by atoms with Crippen LogP contribution in [0.25, 0.3) is 22.2 Å². The van der Waals surface area contributed by atoms with Crippen LogP contribution in [-0.2, 0) is 6.42 Å². The number of nitrogens with zero attached hydrogens (tertiary/aromatic N) is 2. The van der Waals surface area contributed by atoms with Gasteiger partial charge in [0.05, 0.1) is 31.0 Å². The molecule has 5 rings (SSSR count). The number of pyridine rings is 1. The average molecular weight is 425 g/mol. The van der Waals surface area contributed by atoms with E-state index >= 15 is 0 Å². The molecule has 160 valence electrons. The minimum atomic E-state index is -0.00974. The van der Waals surface area contributed by atoms with Gasteiger partial charge in [-0.15, -0.1) is 0 Å². The van der Waals surface area contributed by atoms with Crippen molar-refractivity contribution < 1.29 is 14.3 Å². The molecule has 2 heterocycles. The van der Waals surface area contributed by atoms with Gasteiger partial charge in [0.15, 0.2) is 0 Å². The van der Waals surface area contributed by atoms with Crippen LogP contribution >= 0.6 is 0 Å². The third-order valence-corrected chi connectivity index (χ3v) is 5.99. The van der Waals surface area contributed by atoms with E-state index in [-0.39, 0.29) is 5.91 Å². The van der Waals surface area contributed by atoms with E-state index in [1.54, 1.807) is 14.2 Å². The molecule has 0 spiro atoms. The maximum atomic E-state index is 13.9. The zero-order chi connectivity index (χ0) is 22.1. The molecular weight excluding hydrogens is 400 g/mol. The molecular formula is C27H24N2O3. The first-order valence-electron chi connectivity index (χ1n) is 10.7. The van der Waals surface area contributed by atoms with E-state index in [9.17, 15) is 4.79 Å². The summed E-state index contributed by atoms with van der Waals surface area (Å²) < 4.78 is 10.9. The number of aromatic nitrogens is 1. The van der Waals surface area contributed by atoms with Crippen LogP contribution in [0.3, 0.4) is 0 Å². The van der Waals surface area contributed by atoms with E-state index in [1.807, 2.05) is 71.6 Å². The van der Waals surface area contributed by atoms with Crippen LogP contribution in [0, 0.1) is 0 Å². The smallest absolute Gasteiger partial charge is 0.259 e. The summed E-state index contributed by atoms with van der Waals surface area (Å²) in [5, 5.41) is 0.844. The number of methoxy groups -OCH3 is 2. The van der Waals surface area contributed by atoms with Crippen molar-refractivity contribution in [1.82, 2.24) is 4.98 Å². The van der Waals surface area contributed by atoms with Gasteiger partial charge in [0, 0.05) is 29.2 Å². The third kappa shape index (κ3) is 3.46. The van der Waals surface area contributed by atoms with Crippen molar-refractivity contribution in [2.45, 2.75) is 12.8 Å². The van der Waals surface area contributed by atoms with Gasteiger partial charge in [-0.2, -0.15) is 0 Å². The number of hydrogen-bond acceptors (Lipinski definition) is 4. The monoisotopic (exact) mass is 424 g/mol. The van der Waals surface area contributed by atoms with Crippen LogP contribution in [0.5, 0.6) is 11.5 Å². The van der Waals surface area contributed by atoms with Gasteiger partial charge in [-0.05, 0) is 48.7 Å². The molecule has 0 aliphatic carbocycles. The number of amides is 1. The van der Waals surface area contributed by atoms with Crippen LogP contribution in [0.4, 0.5) is 5.69 Å². The molecule has 1 aromatic heterocycles. The second-order valence-electron chi connectivity index (χ2n) is 7.83. The van der Waals surface area contributed by atoms with E-state index < -0.39 is 0 Å². The minimum absolute atomic E-state index is 0.00974. The van der Waals surface area contributed by atoms with Crippen molar-refractivity contribution in [1.29, 1.82) is 0 Å². The van der Waals surface area contributed by atoms with Crippen molar-refractivity contribution in [3.63, 3.8) is 0 Å². The van der Waals surface area contributed by atoms with Gasteiger partial charge in [0.1, 0.15) is 11.5 Å². The fraction of sp³-hybridized carbons (Fsp3) is 0.185. The molecule has 5 heteroatoms. The zero-order valence-corrected chi connectivity index (χ0v) is 18.2. The first-order valence-corrected chi connectivity index (χ1v) is 10.7. The lowest BCUT2D eigenvalue weighted by molar-refractivity contribution is 0.0986. The molecule has 1 aliphatic rings. The topological polar surface area (TPSA) is 51.7 Å².